The van der Waals surface area contributed by atoms with E-state index in [1.807, 2.05) is 30.3 Å². The quantitative estimate of drug-likeness (QED) is 0.467. The highest BCUT2D eigenvalue weighted by Crippen LogP contribution is 2.29. The van der Waals surface area contributed by atoms with Gasteiger partial charge in [0.25, 0.3) is 5.91 Å². The molecule has 0 aromatic heterocycles. The number of sulfonamides is 1. The predicted molar refractivity (Wildman–Crippen MR) is 128 cm³/mol. The van der Waals surface area contributed by atoms with Crippen molar-refractivity contribution in [1.82, 2.24) is 5.32 Å². The third-order valence-corrected chi connectivity index (χ3v) is 6.39. The van der Waals surface area contributed by atoms with Gasteiger partial charge in [-0.2, -0.15) is 0 Å². The maximum Gasteiger partial charge on any atom is 0.251 e. The van der Waals surface area contributed by atoms with Gasteiger partial charge in [0.15, 0.2) is 0 Å². The van der Waals surface area contributed by atoms with E-state index in [9.17, 15) is 13.2 Å². The highest BCUT2D eigenvalue weighted by molar-refractivity contribution is 7.92. The van der Waals surface area contributed by atoms with Gasteiger partial charge in [0.2, 0.25) is 10.0 Å². The SMILES string of the molecule is Cc1c(Cl)cccc1N(Cc1ccc(C(=O)NCCOc2ccccc2)cc1)S(C)(=O)=O. The molecular weight excluding hydrogens is 448 g/mol. The fraction of sp³-hybridized carbons (Fsp3) is 0.208. The van der Waals surface area contributed by atoms with Gasteiger partial charge in [-0.3, -0.25) is 9.10 Å². The number of para-hydroxylation sites is 1. The van der Waals surface area contributed by atoms with Gasteiger partial charge >= 0.3 is 0 Å². The monoisotopic (exact) mass is 472 g/mol. The molecule has 0 heterocycles. The molecule has 3 aromatic rings. The highest BCUT2D eigenvalue weighted by atomic mass is 35.5. The number of carbonyl (C=O) groups is 1. The Hall–Kier alpha value is -3.03. The fourth-order valence-electron chi connectivity index (χ4n) is 3.13. The van der Waals surface area contributed by atoms with E-state index in [4.69, 9.17) is 16.3 Å². The van der Waals surface area contributed by atoms with E-state index in [0.717, 1.165) is 17.6 Å². The van der Waals surface area contributed by atoms with E-state index in [1.165, 1.54) is 4.31 Å². The van der Waals surface area contributed by atoms with Crippen LogP contribution in [-0.4, -0.2) is 33.7 Å². The molecule has 0 unspecified atom stereocenters. The number of anilines is 1. The molecule has 1 amide bonds. The Bertz CT molecular complexity index is 1170. The number of nitrogens with zero attached hydrogens (tertiary/aromatic N) is 1. The van der Waals surface area contributed by atoms with Gasteiger partial charge in [0.05, 0.1) is 25.0 Å². The summed E-state index contributed by atoms with van der Waals surface area (Å²) in [6.45, 7) is 2.64. The molecule has 32 heavy (non-hydrogen) atoms. The summed E-state index contributed by atoms with van der Waals surface area (Å²) in [5.41, 5.74) is 2.45. The van der Waals surface area contributed by atoms with E-state index in [2.05, 4.69) is 5.32 Å². The van der Waals surface area contributed by atoms with Crippen LogP contribution in [0.3, 0.4) is 0 Å². The molecule has 3 aromatic carbocycles. The van der Waals surface area contributed by atoms with E-state index in [-0.39, 0.29) is 12.5 Å². The first-order valence-corrected chi connectivity index (χ1v) is 12.3. The van der Waals surface area contributed by atoms with Crippen LogP contribution in [0.1, 0.15) is 21.5 Å². The van der Waals surface area contributed by atoms with E-state index in [0.29, 0.717) is 35.0 Å². The Morgan fingerprint density at radius 1 is 1.00 bits per heavy atom. The molecule has 0 fully saturated rings. The van der Waals surface area contributed by atoms with Crippen molar-refractivity contribution >= 4 is 33.2 Å². The second kappa shape index (κ2) is 10.5. The lowest BCUT2D eigenvalue weighted by Crippen LogP contribution is -2.30. The topological polar surface area (TPSA) is 75.7 Å². The van der Waals surface area contributed by atoms with Crippen LogP contribution < -0.4 is 14.4 Å². The molecule has 0 saturated heterocycles. The van der Waals surface area contributed by atoms with Crippen molar-refractivity contribution < 1.29 is 17.9 Å². The number of hydrogen-bond acceptors (Lipinski definition) is 4. The summed E-state index contributed by atoms with van der Waals surface area (Å²) >= 11 is 6.18. The molecule has 0 atom stereocenters. The largest absolute Gasteiger partial charge is 0.492 e. The normalized spacial score (nSPS) is 11.1. The molecule has 168 valence electrons. The molecule has 0 aliphatic rings. The minimum atomic E-state index is -3.54. The van der Waals surface area contributed by atoms with Gasteiger partial charge < -0.3 is 10.1 Å². The summed E-state index contributed by atoms with van der Waals surface area (Å²) in [5, 5.41) is 3.31. The Morgan fingerprint density at radius 3 is 2.34 bits per heavy atom. The Labute approximate surface area is 193 Å². The lowest BCUT2D eigenvalue weighted by Gasteiger charge is -2.24. The van der Waals surface area contributed by atoms with Gasteiger partial charge in [-0.05, 0) is 54.4 Å². The number of benzene rings is 3. The van der Waals surface area contributed by atoms with E-state index < -0.39 is 10.0 Å². The molecule has 6 nitrogen and oxygen atoms in total. The lowest BCUT2D eigenvalue weighted by atomic mass is 10.1. The predicted octanol–water partition coefficient (Wildman–Crippen LogP) is 4.42. The second-order valence-corrected chi connectivity index (χ2v) is 9.58. The first-order valence-electron chi connectivity index (χ1n) is 10.0. The van der Waals surface area contributed by atoms with Gasteiger partial charge in [0.1, 0.15) is 12.4 Å². The van der Waals surface area contributed by atoms with Crippen LogP contribution in [0.15, 0.2) is 72.8 Å². The third-order valence-electron chi connectivity index (χ3n) is 4.85. The van der Waals surface area contributed by atoms with Crippen molar-refractivity contribution in [2.75, 3.05) is 23.7 Å². The molecule has 0 spiro atoms. The van der Waals surface area contributed by atoms with E-state index >= 15 is 0 Å². The molecule has 0 aliphatic carbocycles. The average molecular weight is 473 g/mol. The minimum absolute atomic E-state index is 0.132. The number of ether oxygens (including phenoxy) is 1. The van der Waals surface area contributed by atoms with Crippen molar-refractivity contribution in [3.8, 4) is 5.75 Å². The summed E-state index contributed by atoms with van der Waals surface area (Å²) in [7, 11) is -3.54. The standard InChI is InChI=1S/C24H25ClN2O4S/c1-18-22(25)9-6-10-23(18)27(32(2,29)30)17-19-11-13-20(14-12-19)24(28)26-15-16-31-21-7-4-3-5-8-21/h3-14H,15-17H2,1-2H3,(H,26,28). The van der Waals surface area contributed by atoms with Crippen molar-refractivity contribution in [2.24, 2.45) is 0 Å². The van der Waals surface area contributed by atoms with Crippen LogP contribution >= 0.6 is 11.6 Å². The van der Waals surface area contributed by atoms with E-state index in [1.54, 1.807) is 49.4 Å². The molecule has 0 aliphatic heterocycles. The fourth-order valence-corrected chi connectivity index (χ4v) is 4.24. The van der Waals surface area contributed by atoms with Crippen molar-refractivity contribution in [2.45, 2.75) is 13.5 Å². The zero-order valence-corrected chi connectivity index (χ0v) is 19.5. The van der Waals surface area contributed by atoms with Crippen molar-refractivity contribution in [3.05, 3.63) is 94.5 Å². The third kappa shape index (κ3) is 6.24. The highest BCUT2D eigenvalue weighted by Gasteiger charge is 2.20. The molecule has 1 N–H and O–H groups in total. The average Bonchev–Trinajstić information content (AvgIpc) is 2.77. The van der Waals surface area contributed by atoms with Gasteiger partial charge in [-0.25, -0.2) is 8.42 Å². The smallest absolute Gasteiger partial charge is 0.251 e. The van der Waals surface area contributed by atoms with Crippen LogP contribution in [0, 0.1) is 6.92 Å². The number of nitrogens with one attached hydrogen (secondary N) is 1. The minimum Gasteiger partial charge on any atom is -0.492 e. The van der Waals surface area contributed by atoms with Crippen molar-refractivity contribution in [3.63, 3.8) is 0 Å². The number of halogens is 1. The summed E-state index contributed by atoms with van der Waals surface area (Å²) in [4.78, 5) is 12.4. The zero-order chi connectivity index (χ0) is 23.1. The van der Waals surface area contributed by atoms with Gasteiger partial charge in [-0.1, -0.05) is 48.0 Å². The Kier molecular flexibility index (Phi) is 7.77. The van der Waals surface area contributed by atoms with Crippen molar-refractivity contribution in [1.29, 1.82) is 0 Å². The first kappa shape index (κ1) is 23.6. The molecule has 0 saturated carbocycles. The van der Waals surface area contributed by atoms with Crippen LogP contribution in [-0.2, 0) is 16.6 Å². The van der Waals surface area contributed by atoms with Crippen LogP contribution in [0.2, 0.25) is 5.02 Å². The van der Waals surface area contributed by atoms with Crippen LogP contribution in [0.4, 0.5) is 5.69 Å². The summed E-state index contributed by atoms with van der Waals surface area (Å²) < 4.78 is 31.7. The zero-order valence-electron chi connectivity index (χ0n) is 17.9. The second-order valence-electron chi connectivity index (χ2n) is 7.27. The molecule has 3 rings (SSSR count). The molecule has 8 heteroatoms. The number of amides is 1. The maximum absolute atomic E-state index is 12.4. The van der Waals surface area contributed by atoms with Gasteiger partial charge in [-0.15, -0.1) is 0 Å². The molecular formula is C24H25ClN2O4S. The van der Waals surface area contributed by atoms with Gasteiger partial charge in [0, 0.05) is 10.6 Å². The summed E-state index contributed by atoms with van der Waals surface area (Å²) in [6, 6.07) is 21.4. The van der Waals surface area contributed by atoms with Crippen LogP contribution in [0.25, 0.3) is 0 Å². The number of hydrogen-bond donors (Lipinski definition) is 1. The molecule has 0 radical (unpaired) electrons. The number of rotatable bonds is 9. The summed E-state index contributed by atoms with van der Waals surface area (Å²) in [5.74, 6) is 0.523. The Morgan fingerprint density at radius 2 is 1.69 bits per heavy atom. The maximum atomic E-state index is 12.4. The Balaban J connectivity index is 1.62. The molecule has 0 bridgehead atoms. The van der Waals surface area contributed by atoms with Crippen LogP contribution in [0.5, 0.6) is 5.75 Å². The number of carbonyl (C=O) groups excluding carboxylic acids is 1. The first-order chi connectivity index (χ1) is 15.3. The lowest BCUT2D eigenvalue weighted by molar-refractivity contribution is 0.0947. The summed E-state index contributed by atoms with van der Waals surface area (Å²) in [6.07, 6.45) is 1.16.